The molecule has 188 valence electrons. The molecule has 1 fully saturated rings. The molecule has 5 aromatic rings. The summed E-state index contributed by atoms with van der Waals surface area (Å²) in [6.45, 7) is 5.73. The summed E-state index contributed by atoms with van der Waals surface area (Å²) < 4.78 is 13.0. The highest BCUT2D eigenvalue weighted by molar-refractivity contribution is 5.93. The highest BCUT2D eigenvalue weighted by Gasteiger charge is 2.28. The first-order valence-corrected chi connectivity index (χ1v) is 12.6. The zero-order valence-electron chi connectivity index (χ0n) is 21.3. The minimum absolute atomic E-state index is 0.322. The normalized spacial score (nSPS) is 16.4. The summed E-state index contributed by atoms with van der Waals surface area (Å²) in [6.07, 6.45) is 0. The number of anilines is 1. The summed E-state index contributed by atoms with van der Waals surface area (Å²) >= 11 is 0. The van der Waals surface area contributed by atoms with Gasteiger partial charge in [0.25, 0.3) is 0 Å². The van der Waals surface area contributed by atoms with Crippen molar-refractivity contribution in [3.8, 4) is 22.9 Å². The van der Waals surface area contributed by atoms with Crippen molar-refractivity contribution in [3.63, 3.8) is 0 Å². The molecule has 1 atom stereocenters. The summed E-state index contributed by atoms with van der Waals surface area (Å²) in [5.74, 6) is 3.38. The van der Waals surface area contributed by atoms with Crippen molar-refractivity contribution in [3.05, 3.63) is 78.4 Å². The van der Waals surface area contributed by atoms with Gasteiger partial charge in [0, 0.05) is 48.7 Å². The van der Waals surface area contributed by atoms with Crippen LogP contribution in [-0.2, 0) is 6.54 Å². The third-order valence-electron chi connectivity index (χ3n) is 7.19. The second-order valence-electron chi connectivity index (χ2n) is 9.42. The van der Waals surface area contributed by atoms with Crippen LogP contribution in [0, 0.1) is 0 Å². The number of ether oxygens (including phenoxy) is 2. The number of aromatic nitrogens is 4. The fraction of sp³-hybridized carbons (Fsp3) is 0.276. The Kier molecular flexibility index (Phi) is 6.10. The number of methoxy groups -OCH3 is 2. The van der Waals surface area contributed by atoms with E-state index < -0.39 is 0 Å². The maximum absolute atomic E-state index is 5.59. The van der Waals surface area contributed by atoms with E-state index in [2.05, 4.69) is 49.5 Å². The molecule has 0 radical (unpaired) electrons. The highest BCUT2D eigenvalue weighted by Crippen LogP contribution is 2.31. The molecule has 6 rings (SSSR count). The van der Waals surface area contributed by atoms with E-state index in [0.29, 0.717) is 6.04 Å². The van der Waals surface area contributed by atoms with Gasteiger partial charge in [0.05, 0.1) is 19.7 Å². The largest absolute Gasteiger partial charge is 0.497 e. The van der Waals surface area contributed by atoms with Crippen molar-refractivity contribution < 1.29 is 9.47 Å². The molecule has 8 heteroatoms. The molecule has 1 aliphatic heterocycles. The lowest BCUT2D eigenvalue weighted by molar-refractivity contribution is 0.178. The number of nitrogens with zero attached hydrogens (tertiary/aromatic N) is 6. The van der Waals surface area contributed by atoms with E-state index in [9.17, 15) is 0 Å². The molecule has 0 N–H and O–H groups in total. The van der Waals surface area contributed by atoms with Crippen molar-refractivity contribution in [2.45, 2.75) is 19.5 Å². The first-order chi connectivity index (χ1) is 18.2. The summed E-state index contributed by atoms with van der Waals surface area (Å²) in [5, 5.41) is 10.2. The van der Waals surface area contributed by atoms with Gasteiger partial charge in [0.15, 0.2) is 11.5 Å². The van der Waals surface area contributed by atoms with Crippen LogP contribution in [-0.4, -0.2) is 64.4 Å². The van der Waals surface area contributed by atoms with Crippen LogP contribution in [0.2, 0.25) is 0 Å². The Morgan fingerprint density at radius 3 is 2.43 bits per heavy atom. The van der Waals surface area contributed by atoms with Gasteiger partial charge >= 0.3 is 0 Å². The van der Waals surface area contributed by atoms with E-state index in [-0.39, 0.29) is 0 Å². The Balaban J connectivity index is 1.37. The maximum Gasteiger partial charge on any atom is 0.213 e. The van der Waals surface area contributed by atoms with E-state index in [1.165, 1.54) is 5.56 Å². The van der Waals surface area contributed by atoms with Crippen molar-refractivity contribution in [1.82, 2.24) is 24.5 Å². The van der Waals surface area contributed by atoms with Crippen LogP contribution in [0.15, 0.2) is 72.8 Å². The second kappa shape index (κ2) is 9.71. The van der Waals surface area contributed by atoms with Crippen LogP contribution in [0.25, 0.3) is 27.9 Å². The topological polar surface area (TPSA) is 68.0 Å². The second-order valence-corrected chi connectivity index (χ2v) is 9.42. The van der Waals surface area contributed by atoms with Gasteiger partial charge in [-0.3, -0.25) is 4.90 Å². The van der Waals surface area contributed by atoms with Gasteiger partial charge in [-0.25, -0.2) is 9.38 Å². The summed E-state index contributed by atoms with van der Waals surface area (Å²) in [5.41, 5.74) is 3.91. The van der Waals surface area contributed by atoms with E-state index in [4.69, 9.17) is 14.5 Å². The smallest absolute Gasteiger partial charge is 0.213 e. The van der Waals surface area contributed by atoms with Crippen molar-refractivity contribution in [1.29, 1.82) is 0 Å². The van der Waals surface area contributed by atoms with Gasteiger partial charge in [-0.1, -0.05) is 30.3 Å². The lowest BCUT2D eigenvalue weighted by atomic mass is 10.1. The van der Waals surface area contributed by atoms with Gasteiger partial charge in [-0.15, -0.1) is 10.2 Å². The van der Waals surface area contributed by atoms with Crippen LogP contribution in [0.3, 0.4) is 0 Å². The predicted octanol–water partition coefficient (Wildman–Crippen LogP) is 4.67. The zero-order valence-corrected chi connectivity index (χ0v) is 21.3. The first-order valence-electron chi connectivity index (χ1n) is 12.6. The zero-order chi connectivity index (χ0) is 25.4. The molecule has 0 spiro atoms. The summed E-state index contributed by atoms with van der Waals surface area (Å²) in [4.78, 5) is 10.00. The third kappa shape index (κ3) is 4.23. The van der Waals surface area contributed by atoms with Crippen molar-refractivity contribution >= 4 is 22.5 Å². The summed E-state index contributed by atoms with van der Waals surface area (Å²) in [7, 11) is 3.40. The van der Waals surface area contributed by atoms with E-state index >= 15 is 0 Å². The first kappa shape index (κ1) is 23.2. The predicted molar refractivity (Wildman–Crippen MR) is 145 cm³/mol. The van der Waals surface area contributed by atoms with Gasteiger partial charge in [-0.2, -0.15) is 0 Å². The number of benzene rings is 3. The Labute approximate surface area is 216 Å². The average Bonchev–Trinajstić information content (AvgIpc) is 3.40. The monoisotopic (exact) mass is 494 g/mol. The molecule has 0 amide bonds. The van der Waals surface area contributed by atoms with Crippen molar-refractivity contribution in [2.75, 3.05) is 38.8 Å². The molecular weight excluding hydrogens is 464 g/mol. The number of piperazine rings is 1. The molecule has 37 heavy (non-hydrogen) atoms. The molecule has 0 saturated carbocycles. The molecule has 1 aliphatic rings. The SMILES string of the molecule is COc1ccc(-c2nnc3c4ccccc4nc(N4CCN(Cc5ccccc5OC)[C@@H](C)C4)n23)cc1. The number of fused-ring (bicyclic) bond motifs is 3. The Bertz CT molecular complexity index is 1550. The number of hydrogen-bond donors (Lipinski definition) is 0. The molecule has 0 bridgehead atoms. The molecular formula is C29H30N6O2. The Hall–Kier alpha value is -4.17. The van der Waals surface area contributed by atoms with E-state index in [1.54, 1.807) is 14.2 Å². The molecule has 0 unspecified atom stereocenters. The Morgan fingerprint density at radius 1 is 0.865 bits per heavy atom. The van der Waals surface area contributed by atoms with E-state index in [0.717, 1.165) is 71.6 Å². The number of rotatable bonds is 6. The maximum atomic E-state index is 5.59. The van der Waals surface area contributed by atoms with Crippen LogP contribution in [0.5, 0.6) is 11.5 Å². The molecule has 3 aromatic carbocycles. The fourth-order valence-corrected chi connectivity index (χ4v) is 5.17. The number of hydrogen-bond acceptors (Lipinski definition) is 7. The van der Waals surface area contributed by atoms with Crippen LogP contribution in [0.1, 0.15) is 12.5 Å². The fourth-order valence-electron chi connectivity index (χ4n) is 5.17. The number of para-hydroxylation sites is 2. The average molecular weight is 495 g/mol. The van der Waals surface area contributed by atoms with Crippen molar-refractivity contribution in [2.24, 2.45) is 0 Å². The van der Waals surface area contributed by atoms with Gasteiger partial charge in [-0.05, 0) is 49.4 Å². The van der Waals surface area contributed by atoms with Crippen LogP contribution >= 0.6 is 0 Å². The van der Waals surface area contributed by atoms with Gasteiger partial charge in [0.2, 0.25) is 5.95 Å². The molecule has 2 aromatic heterocycles. The van der Waals surface area contributed by atoms with Crippen LogP contribution in [0.4, 0.5) is 5.95 Å². The molecule has 3 heterocycles. The highest BCUT2D eigenvalue weighted by atomic mass is 16.5. The minimum Gasteiger partial charge on any atom is -0.497 e. The van der Waals surface area contributed by atoms with Gasteiger partial charge in [0.1, 0.15) is 11.5 Å². The lowest BCUT2D eigenvalue weighted by Gasteiger charge is -2.40. The minimum atomic E-state index is 0.322. The lowest BCUT2D eigenvalue weighted by Crippen LogP contribution is -2.52. The van der Waals surface area contributed by atoms with E-state index in [1.807, 2.05) is 54.6 Å². The third-order valence-corrected chi connectivity index (χ3v) is 7.19. The van der Waals surface area contributed by atoms with Crippen LogP contribution < -0.4 is 14.4 Å². The van der Waals surface area contributed by atoms with Gasteiger partial charge < -0.3 is 14.4 Å². The molecule has 8 nitrogen and oxygen atoms in total. The summed E-state index contributed by atoms with van der Waals surface area (Å²) in [6, 6.07) is 24.6. The quantitative estimate of drug-likeness (QED) is 0.340. The molecule has 0 aliphatic carbocycles. The molecule has 1 saturated heterocycles. The Morgan fingerprint density at radius 2 is 1.65 bits per heavy atom. The standard InChI is InChI=1S/C29H30N6O2/c1-20-18-34(17-16-33(20)19-22-8-4-7-11-26(22)37-3)29-30-25-10-6-5-9-24(25)28-32-31-27(35(28)29)21-12-14-23(36-2)15-13-21/h4-15,20H,16-19H2,1-3H3/t20-/m0/s1.